The van der Waals surface area contributed by atoms with Gasteiger partial charge in [-0.05, 0) is 104 Å². The second kappa shape index (κ2) is 11.8. The number of benzene rings is 4. The SMILES string of the molecule is CC(C)CN1C(=O)/C(=C/c2ccc(OCc3ccc4ccccc4c3)c(Br)c2)SC1=Nc1ccc(Cl)cc1. The first-order valence-corrected chi connectivity index (χ1v) is 14.3. The third-order valence-corrected chi connectivity index (χ3v) is 7.83. The summed E-state index contributed by atoms with van der Waals surface area (Å²) in [6.07, 6.45) is 1.91. The number of amides is 1. The highest BCUT2D eigenvalue weighted by Crippen LogP contribution is 2.36. The van der Waals surface area contributed by atoms with Crippen LogP contribution in [0.2, 0.25) is 5.02 Å². The lowest BCUT2D eigenvalue weighted by Gasteiger charge is -2.17. The number of nitrogens with zero attached hydrogens (tertiary/aromatic N) is 2. The zero-order valence-electron chi connectivity index (χ0n) is 21.0. The molecule has 0 saturated carbocycles. The van der Waals surface area contributed by atoms with Gasteiger partial charge in [0.1, 0.15) is 12.4 Å². The highest BCUT2D eigenvalue weighted by atomic mass is 79.9. The van der Waals surface area contributed by atoms with E-state index in [1.807, 2.05) is 48.5 Å². The number of aliphatic imine (C=N–C) groups is 1. The predicted octanol–water partition coefficient (Wildman–Crippen LogP) is 9.09. The molecule has 0 aliphatic carbocycles. The summed E-state index contributed by atoms with van der Waals surface area (Å²) in [6, 6.07) is 27.8. The lowest BCUT2D eigenvalue weighted by molar-refractivity contribution is -0.122. The minimum atomic E-state index is -0.0378. The number of hydrogen-bond donors (Lipinski definition) is 0. The van der Waals surface area contributed by atoms with Crippen molar-refractivity contribution in [3.8, 4) is 5.75 Å². The number of thioether (sulfide) groups is 1. The Morgan fingerprint density at radius 3 is 2.50 bits per heavy atom. The van der Waals surface area contributed by atoms with E-state index in [0.717, 1.165) is 27.0 Å². The number of ether oxygens (including phenoxy) is 1. The van der Waals surface area contributed by atoms with Crippen molar-refractivity contribution in [2.24, 2.45) is 10.9 Å². The van der Waals surface area contributed by atoms with Gasteiger partial charge in [0.2, 0.25) is 0 Å². The Balaban J connectivity index is 1.33. The van der Waals surface area contributed by atoms with Crippen LogP contribution < -0.4 is 4.74 Å². The molecule has 0 radical (unpaired) electrons. The first kappa shape index (κ1) is 26.5. The maximum absolute atomic E-state index is 13.3. The van der Waals surface area contributed by atoms with E-state index in [9.17, 15) is 4.79 Å². The van der Waals surface area contributed by atoms with Gasteiger partial charge in [0.05, 0.1) is 15.1 Å². The Hall–Kier alpha value is -3.06. The van der Waals surface area contributed by atoms with E-state index >= 15 is 0 Å². The summed E-state index contributed by atoms with van der Waals surface area (Å²) in [5.41, 5.74) is 2.77. The topological polar surface area (TPSA) is 41.9 Å². The lowest BCUT2D eigenvalue weighted by Crippen LogP contribution is -2.32. The minimum Gasteiger partial charge on any atom is -0.488 e. The van der Waals surface area contributed by atoms with Crippen molar-refractivity contribution in [3.63, 3.8) is 0 Å². The fourth-order valence-corrected chi connectivity index (χ4v) is 5.75. The van der Waals surface area contributed by atoms with E-state index in [0.29, 0.717) is 34.2 Å². The van der Waals surface area contributed by atoms with Crippen molar-refractivity contribution in [2.75, 3.05) is 6.54 Å². The molecule has 7 heteroatoms. The molecule has 4 nitrogen and oxygen atoms in total. The van der Waals surface area contributed by atoms with Crippen LogP contribution in [0.3, 0.4) is 0 Å². The van der Waals surface area contributed by atoms with Crippen molar-refractivity contribution < 1.29 is 9.53 Å². The van der Waals surface area contributed by atoms with Crippen molar-refractivity contribution in [1.29, 1.82) is 0 Å². The van der Waals surface area contributed by atoms with Crippen LogP contribution in [0, 0.1) is 5.92 Å². The number of carbonyl (C=O) groups is 1. The van der Waals surface area contributed by atoms with Gasteiger partial charge < -0.3 is 4.74 Å². The fourth-order valence-electron chi connectivity index (χ4n) is 4.11. The smallest absolute Gasteiger partial charge is 0.266 e. The highest BCUT2D eigenvalue weighted by molar-refractivity contribution is 9.10. The van der Waals surface area contributed by atoms with Gasteiger partial charge in [-0.15, -0.1) is 0 Å². The van der Waals surface area contributed by atoms with Gasteiger partial charge in [-0.3, -0.25) is 9.69 Å². The van der Waals surface area contributed by atoms with Gasteiger partial charge in [0.15, 0.2) is 5.17 Å². The van der Waals surface area contributed by atoms with E-state index in [2.05, 4.69) is 60.1 Å². The maximum Gasteiger partial charge on any atom is 0.266 e. The molecule has 0 atom stereocenters. The van der Waals surface area contributed by atoms with Gasteiger partial charge in [0, 0.05) is 11.6 Å². The molecule has 4 aromatic rings. The third kappa shape index (κ3) is 6.32. The van der Waals surface area contributed by atoms with Gasteiger partial charge in [0.25, 0.3) is 5.91 Å². The molecule has 192 valence electrons. The summed E-state index contributed by atoms with van der Waals surface area (Å²) >= 11 is 11.0. The summed E-state index contributed by atoms with van der Waals surface area (Å²) in [6.45, 7) is 5.24. The Kier molecular flexibility index (Phi) is 8.22. The molecule has 1 fully saturated rings. The average molecular weight is 606 g/mol. The van der Waals surface area contributed by atoms with Gasteiger partial charge in [-0.1, -0.05) is 67.9 Å². The Labute approximate surface area is 240 Å². The van der Waals surface area contributed by atoms with E-state index < -0.39 is 0 Å². The Morgan fingerprint density at radius 2 is 1.76 bits per heavy atom. The summed E-state index contributed by atoms with van der Waals surface area (Å²) in [7, 11) is 0. The van der Waals surface area contributed by atoms with Crippen LogP contribution in [-0.4, -0.2) is 22.5 Å². The summed E-state index contributed by atoms with van der Waals surface area (Å²) < 4.78 is 6.92. The van der Waals surface area contributed by atoms with Crippen LogP contribution >= 0.6 is 39.3 Å². The molecule has 38 heavy (non-hydrogen) atoms. The van der Waals surface area contributed by atoms with E-state index in [-0.39, 0.29) is 5.91 Å². The number of hydrogen-bond acceptors (Lipinski definition) is 4. The molecule has 0 spiro atoms. The first-order chi connectivity index (χ1) is 18.4. The molecule has 5 rings (SSSR count). The van der Waals surface area contributed by atoms with Crippen LogP contribution in [0.15, 0.2) is 99.3 Å². The zero-order valence-corrected chi connectivity index (χ0v) is 24.2. The van der Waals surface area contributed by atoms with Crippen molar-refractivity contribution in [3.05, 3.63) is 110 Å². The van der Waals surface area contributed by atoms with E-state index in [1.165, 1.54) is 22.5 Å². The van der Waals surface area contributed by atoms with Crippen molar-refractivity contribution in [2.45, 2.75) is 20.5 Å². The molecule has 1 aliphatic rings. The van der Waals surface area contributed by atoms with Gasteiger partial charge in [-0.25, -0.2) is 4.99 Å². The average Bonchev–Trinajstić information content (AvgIpc) is 3.17. The molecule has 1 heterocycles. The number of amidine groups is 1. The molecule has 1 amide bonds. The van der Waals surface area contributed by atoms with Crippen LogP contribution in [-0.2, 0) is 11.4 Å². The largest absolute Gasteiger partial charge is 0.488 e. The molecule has 4 aromatic carbocycles. The normalized spacial score (nSPS) is 15.8. The monoisotopic (exact) mass is 604 g/mol. The molecule has 0 unspecified atom stereocenters. The molecule has 0 aromatic heterocycles. The second-order valence-electron chi connectivity index (χ2n) is 9.45. The van der Waals surface area contributed by atoms with Crippen LogP contribution in [0.5, 0.6) is 5.75 Å². The number of halogens is 2. The standard InChI is InChI=1S/C31H26BrClN2O2S/c1-20(2)18-35-30(36)29(38-31(35)34-26-12-10-25(33)11-13-26)17-21-8-14-28(27(32)16-21)37-19-22-7-9-23-5-3-4-6-24(23)15-22/h3-17,20H,18-19H2,1-2H3/b29-17-,34-31?. The van der Waals surface area contributed by atoms with E-state index in [1.54, 1.807) is 17.0 Å². The van der Waals surface area contributed by atoms with Crippen molar-refractivity contribution in [1.82, 2.24) is 4.90 Å². The summed E-state index contributed by atoms with van der Waals surface area (Å²) in [5, 5.41) is 3.73. The first-order valence-electron chi connectivity index (χ1n) is 12.3. The number of fused-ring (bicyclic) bond motifs is 1. The number of rotatable bonds is 7. The second-order valence-corrected chi connectivity index (χ2v) is 11.8. The van der Waals surface area contributed by atoms with E-state index in [4.69, 9.17) is 21.3 Å². The van der Waals surface area contributed by atoms with Crippen molar-refractivity contribution >= 4 is 72.9 Å². The summed E-state index contributed by atoms with van der Waals surface area (Å²) in [4.78, 5) is 20.4. The molecular formula is C31H26BrClN2O2S. The van der Waals surface area contributed by atoms with Crippen LogP contribution in [0.4, 0.5) is 5.69 Å². The zero-order chi connectivity index (χ0) is 26.6. The Morgan fingerprint density at radius 1 is 1.00 bits per heavy atom. The third-order valence-electron chi connectivity index (χ3n) is 5.95. The highest BCUT2D eigenvalue weighted by Gasteiger charge is 2.33. The fraction of sp³-hybridized carbons (Fsp3) is 0.161. The summed E-state index contributed by atoms with van der Waals surface area (Å²) in [5.74, 6) is 1.02. The van der Waals surface area contributed by atoms with Crippen LogP contribution in [0.25, 0.3) is 16.8 Å². The van der Waals surface area contributed by atoms with Gasteiger partial charge in [-0.2, -0.15) is 0 Å². The molecule has 0 bridgehead atoms. The van der Waals surface area contributed by atoms with Crippen LogP contribution in [0.1, 0.15) is 25.0 Å². The molecule has 1 aliphatic heterocycles. The maximum atomic E-state index is 13.3. The number of carbonyl (C=O) groups excluding carboxylic acids is 1. The quantitative estimate of drug-likeness (QED) is 0.197. The Bertz CT molecular complexity index is 1550. The van der Waals surface area contributed by atoms with Gasteiger partial charge >= 0.3 is 0 Å². The molecular weight excluding hydrogens is 580 g/mol. The lowest BCUT2D eigenvalue weighted by atomic mass is 10.1. The predicted molar refractivity (Wildman–Crippen MR) is 163 cm³/mol. The molecule has 1 saturated heterocycles. The minimum absolute atomic E-state index is 0.0378. The molecule has 0 N–H and O–H groups in total.